The maximum Gasteiger partial charge on any atom is 0.193 e. The maximum atomic E-state index is 12.5. The summed E-state index contributed by atoms with van der Waals surface area (Å²) in [4.78, 5) is 27.3. The van der Waals surface area contributed by atoms with Crippen molar-refractivity contribution in [3.05, 3.63) is 165 Å². The SMILES string of the molecule is Cc1ccccc1CN(CCOCCOc1ccc(-c2cc(=O)c3ccccc3o2)cc1)CCOCCOc1ccc(-c2cc(=O)c3ccccc3o2)cc1. The molecule has 5 aromatic carbocycles. The molecule has 9 heteroatoms. The van der Waals surface area contributed by atoms with Crippen LogP contribution in [0.1, 0.15) is 11.1 Å². The van der Waals surface area contributed by atoms with E-state index in [2.05, 4.69) is 36.1 Å². The van der Waals surface area contributed by atoms with Crippen molar-refractivity contribution in [3.8, 4) is 34.1 Å². The van der Waals surface area contributed by atoms with Crippen molar-refractivity contribution in [1.82, 2.24) is 4.90 Å². The second-order valence-corrected chi connectivity index (χ2v) is 13.1. The zero-order valence-corrected chi connectivity index (χ0v) is 30.8. The van der Waals surface area contributed by atoms with Crippen molar-refractivity contribution < 1.29 is 27.8 Å². The molecular formula is C46H43NO8. The fourth-order valence-electron chi connectivity index (χ4n) is 6.25. The van der Waals surface area contributed by atoms with Gasteiger partial charge in [0.25, 0.3) is 0 Å². The summed E-state index contributed by atoms with van der Waals surface area (Å²) in [6, 6.07) is 40.9. The van der Waals surface area contributed by atoms with Gasteiger partial charge in [-0.3, -0.25) is 14.5 Å². The maximum absolute atomic E-state index is 12.5. The lowest BCUT2D eigenvalue weighted by Crippen LogP contribution is -2.31. The number of benzene rings is 5. The van der Waals surface area contributed by atoms with Crippen LogP contribution in [0, 0.1) is 6.92 Å². The first-order chi connectivity index (χ1) is 27.0. The Morgan fingerprint density at radius 1 is 0.509 bits per heavy atom. The topological polar surface area (TPSA) is 101 Å². The normalized spacial score (nSPS) is 11.4. The van der Waals surface area contributed by atoms with Crippen LogP contribution in [0.4, 0.5) is 0 Å². The van der Waals surface area contributed by atoms with Crippen LogP contribution in [0.2, 0.25) is 0 Å². The Labute approximate surface area is 319 Å². The molecule has 0 unspecified atom stereocenters. The van der Waals surface area contributed by atoms with Crippen molar-refractivity contribution in [1.29, 1.82) is 0 Å². The third-order valence-electron chi connectivity index (χ3n) is 9.30. The third kappa shape index (κ3) is 9.96. The quantitative estimate of drug-likeness (QED) is 0.0803. The average Bonchev–Trinajstić information content (AvgIpc) is 3.21. The molecule has 55 heavy (non-hydrogen) atoms. The van der Waals surface area contributed by atoms with Gasteiger partial charge in [-0.25, -0.2) is 0 Å². The summed E-state index contributed by atoms with van der Waals surface area (Å²) in [6.07, 6.45) is 0. The molecule has 0 radical (unpaired) electrons. The zero-order chi connectivity index (χ0) is 37.8. The first kappa shape index (κ1) is 37.3. The fraction of sp³-hybridized carbons (Fsp3) is 0.217. The summed E-state index contributed by atoms with van der Waals surface area (Å²) >= 11 is 0. The van der Waals surface area contributed by atoms with E-state index in [0.29, 0.717) is 84.6 Å². The number of aryl methyl sites for hydroxylation is 1. The smallest absolute Gasteiger partial charge is 0.193 e. The van der Waals surface area contributed by atoms with Crippen LogP contribution >= 0.6 is 0 Å². The predicted molar refractivity (Wildman–Crippen MR) is 215 cm³/mol. The molecule has 280 valence electrons. The van der Waals surface area contributed by atoms with Gasteiger partial charge < -0.3 is 27.8 Å². The van der Waals surface area contributed by atoms with Gasteiger partial charge in [0.1, 0.15) is 47.4 Å². The minimum atomic E-state index is -0.0687. The molecule has 0 aliphatic rings. The first-order valence-corrected chi connectivity index (χ1v) is 18.4. The first-order valence-electron chi connectivity index (χ1n) is 18.4. The van der Waals surface area contributed by atoms with Gasteiger partial charge in [-0.2, -0.15) is 0 Å². The molecule has 0 spiro atoms. The molecule has 0 saturated carbocycles. The molecule has 7 aromatic rings. The van der Waals surface area contributed by atoms with Crippen LogP contribution in [-0.2, 0) is 16.0 Å². The lowest BCUT2D eigenvalue weighted by molar-refractivity contribution is 0.0533. The number of nitrogens with zero attached hydrogens (tertiary/aromatic N) is 1. The van der Waals surface area contributed by atoms with E-state index in [4.69, 9.17) is 27.8 Å². The lowest BCUT2D eigenvalue weighted by Gasteiger charge is -2.23. The zero-order valence-electron chi connectivity index (χ0n) is 30.8. The summed E-state index contributed by atoms with van der Waals surface area (Å²) in [6.45, 7) is 7.22. The molecule has 9 nitrogen and oxygen atoms in total. The number of hydrogen-bond acceptors (Lipinski definition) is 9. The molecular weight excluding hydrogens is 695 g/mol. The third-order valence-corrected chi connectivity index (χ3v) is 9.30. The van der Waals surface area contributed by atoms with Crippen molar-refractivity contribution in [2.45, 2.75) is 13.5 Å². The van der Waals surface area contributed by atoms with E-state index in [9.17, 15) is 9.59 Å². The Morgan fingerprint density at radius 2 is 0.964 bits per heavy atom. The van der Waals surface area contributed by atoms with Crippen LogP contribution in [0.3, 0.4) is 0 Å². The van der Waals surface area contributed by atoms with Crippen molar-refractivity contribution in [2.75, 3.05) is 52.7 Å². The highest BCUT2D eigenvalue weighted by Gasteiger charge is 2.11. The molecule has 0 aliphatic heterocycles. The van der Waals surface area contributed by atoms with E-state index in [0.717, 1.165) is 30.8 Å². The van der Waals surface area contributed by atoms with Crippen molar-refractivity contribution in [3.63, 3.8) is 0 Å². The lowest BCUT2D eigenvalue weighted by atomic mass is 10.1. The fourth-order valence-corrected chi connectivity index (χ4v) is 6.25. The molecule has 0 atom stereocenters. The highest BCUT2D eigenvalue weighted by Crippen LogP contribution is 2.26. The number of ether oxygens (including phenoxy) is 4. The van der Waals surface area contributed by atoms with Crippen LogP contribution in [0.5, 0.6) is 11.5 Å². The van der Waals surface area contributed by atoms with Gasteiger partial charge in [-0.15, -0.1) is 0 Å². The summed E-state index contributed by atoms with van der Waals surface area (Å²) in [5.74, 6) is 2.47. The molecule has 0 fully saturated rings. The number of para-hydroxylation sites is 2. The average molecular weight is 738 g/mol. The predicted octanol–water partition coefficient (Wildman–Crippen LogP) is 8.54. The highest BCUT2D eigenvalue weighted by molar-refractivity contribution is 5.79. The van der Waals surface area contributed by atoms with Crippen LogP contribution in [0.15, 0.2) is 152 Å². The summed E-state index contributed by atoms with van der Waals surface area (Å²) in [7, 11) is 0. The molecule has 0 N–H and O–H groups in total. The van der Waals surface area contributed by atoms with Gasteiger partial charge in [0.2, 0.25) is 0 Å². The van der Waals surface area contributed by atoms with Gasteiger partial charge >= 0.3 is 0 Å². The Kier molecular flexibility index (Phi) is 12.5. The van der Waals surface area contributed by atoms with Gasteiger partial charge in [0, 0.05) is 42.9 Å². The number of rotatable bonds is 18. The minimum absolute atomic E-state index is 0.0687. The molecule has 0 aliphatic carbocycles. The van der Waals surface area contributed by atoms with E-state index < -0.39 is 0 Å². The molecule has 2 aromatic heterocycles. The van der Waals surface area contributed by atoms with E-state index in [1.807, 2.05) is 72.8 Å². The molecule has 0 bridgehead atoms. The second-order valence-electron chi connectivity index (χ2n) is 13.1. The Hall–Kier alpha value is -6.00. The Morgan fingerprint density at radius 3 is 1.45 bits per heavy atom. The summed E-state index contributed by atoms with van der Waals surface area (Å²) in [5.41, 5.74) is 5.12. The van der Waals surface area contributed by atoms with Gasteiger partial charge in [-0.05, 0) is 90.8 Å². The summed E-state index contributed by atoms with van der Waals surface area (Å²) in [5, 5.41) is 1.13. The monoisotopic (exact) mass is 737 g/mol. The molecule has 7 rings (SSSR count). The Balaban J connectivity index is 0.825. The van der Waals surface area contributed by atoms with E-state index in [1.54, 1.807) is 24.3 Å². The number of hydrogen-bond donors (Lipinski definition) is 0. The van der Waals surface area contributed by atoms with Crippen molar-refractivity contribution in [2.24, 2.45) is 0 Å². The number of fused-ring (bicyclic) bond motifs is 2. The second kappa shape index (κ2) is 18.4. The van der Waals surface area contributed by atoms with Crippen LogP contribution < -0.4 is 20.3 Å². The van der Waals surface area contributed by atoms with Gasteiger partial charge in [0.05, 0.1) is 37.2 Å². The standard InChI is InChI=1S/C46H43NO8/c1-33-8-2-3-9-36(33)32-47(22-24-50-26-28-52-37-18-14-34(15-19-37)45-30-41(48)39-10-4-6-12-43(39)54-45)23-25-51-27-29-53-38-20-16-35(17-21-38)46-31-42(49)40-11-5-7-13-44(40)55-46/h2-21,30-31H,22-29,32H2,1H3. The minimum Gasteiger partial charge on any atom is -0.491 e. The summed E-state index contributed by atoms with van der Waals surface area (Å²) < 4.78 is 35.6. The molecule has 0 saturated heterocycles. The van der Waals surface area contributed by atoms with Crippen molar-refractivity contribution >= 4 is 21.9 Å². The highest BCUT2D eigenvalue weighted by atomic mass is 16.5. The largest absolute Gasteiger partial charge is 0.491 e. The van der Waals surface area contributed by atoms with Crippen LogP contribution in [-0.4, -0.2) is 57.6 Å². The van der Waals surface area contributed by atoms with Crippen LogP contribution in [0.25, 0.3) is 44.6 Å². The van der Waals surface area contributed by atoms with Gasteiger partial charge in [-0.1, -0.05) is 48.5 Å². The van der Waals surface area contributed by atoms with Gasteiger partial charge in [0.15, 0.2) is 10.9 Å². The van der Waals surface area contributed by atoms with E-state index in [-0.39, 0.29) is 10.9 Å². The molecule has 0 amide bonds. The Bertz CT molecular complexity index is 2290. The van der Waals surface area contributed by atoms with E-state index in [1.165, 1.54) is 23.3 Å². The van der Waals surface area contributed by atoms with E-state index >= 15 is 0 Å². The molecule has 2 heterocycles.